The van der Waals surface area contributed by atoms with Crippen LogP contribution in [0.1, 0.15) is 91.4 Å². The van der Waals surface area contributed by atoms with Gasteiger partial charge in [-0.3, -0.25) is 9.59 Å². The number of aliphatic hydroxyl groups excluding tert-OH is 2. The minimum Gasteiger partial charge on any atom is -0.465 e. The minimum atomic E-state index is -2.38. The monoisotopic (exact) mass is 730 g/mol. The molecule has 3 rings (SSSR count). The molecule has 2 N–H and O–H groups in total. The van der Waals surface area contributed by atoms with Crippen molar-refractivity contribution in [3.63, 3.8) is 0 Å². The third-order valence-corrected chi connectivity index (χ3v) is 7.43. The summed E-state index contributed by atoms with van der Waals surface area (Å²) in [4.78, 5) is 45.1. The van der Waals surface area contributed by atoms with E-state index >= 15 is 0 Å². The highest BCUT2D eigenvalue weighted by Gasteiger charge is 2.44. The summed E-state index contributed by atoms with van der Waals surface area (Å²) < 4.78 is 93.3. The largest absolute Gasteiger partial charge is 0.508 e. The van der Waals surface area contributed by atoms with Crippen LogP contribution in [0.2, 0.25) is 0 Å². The zero-order chi connectivity index (χ0) is 37.7. The van der Waals surface area contributed by atoms with E-state index in [9.17, 15) is 41.1 Å². The summed E-state index contributed by atoms with van der Waals surface area (Å²) in [6.07, 6.45) is 10.3. The highest BCUT2D eigenvalue weighted by molar-refractivity contribution is 5.80. The van der Waals surface area contributed by atoms with Gasteiger partial charge in [-0.25, -0.2) is 22.8 Å². The van der Waals surface area contributed by atoms with Crippen LogP contribution in [0.5, 0.6) is 5.75 Å². The fourth-order valence-corrected chi connectivity index (χ4v) is 4.14. The van der Waals surface area contributed by atoms with E-state index in [-0.39, 0.29) is 19.8 Å². The number of ether oxygens (including phenoxy) is 6. The van der Waals surface area contributed by atoms with Crippen LogP contribution in [0.4, 0.5) is 31.5 Å². The van der Waals surface area contributed by atoms with Crippen LogP contribution in [0.25, 0.3) is 0 Å². The summed E-state index contributed by atoms with van der Waals surface area (Å²) in [6.45, 7) is 4.91. The molecule has 0 aliphatic carbocycles. The highest BCUT2D eigenvalue weighted by atomic mass is 19.2. The van der Waals surface area contributed by atoms with E-state index in [1.54, 1.807) is 6.92 Å². The van der Waals surface area contributed by atoms with Crippen LogP contribution in [0.15, 0.2) is 0 Å². The van der Waals surface area contributed by atoms with Crippen molar-refractivity contribution in [1.29, 1.82) is 0 Å². The van der Waals surface area contributed by atoms with Gasteiger partial charge in [-0.05, 0) is 33.1 Å². The lowest BCUT2D eigenvalue weighted by Crippen LogP contribution is -2.45. The van der Waals surface area contributed by atoms with E-state index in [1.165, 1.54) is 32.1 Å². The first kappa shape index (κ1) is 44.3. The topological polar surface area (TPSA) is 164 Å². The predicted octanol–water partition coefficient (Wildman–Crippen LogP) is 6.45. The molecule has 2 fully saturated rings. The maximum Gasteiger partial charge on any atom is 0.508 e. The Bertz CT molecular complexity index is 1190. The molecule has 2 aliphatic heterocycles. The van der Waals surface area contributed by atoms with Gasteiger partial charge < -0.3 is 38.6 Å². The number of carbonyl (C=O) groups excluding carboxylic acids is 4. The number of rotatable bonds is 16. The summed E-state index contributed by atoms with van der Waals surface area (Å²) in [5.74, 6) is -15.0. The summed E-state index contributed by atoms with van der Waals surface area (Å²) >= 11 is 0. The standard InChI is InChI=1S/C13H22O6.C12H7F5O5.C8H18O/c1-13(9-18-12(16)19-10-13)11(15)17-8-6-4-2-3-5-7-14;1-12(2-20-11(19)21-3-12)10(18)22-9-7(16)5(14)4(13)6(15)8(9)17;1-2-3-4-5-6-7-8-9/h14H,2-10H2,1H3;2-3H2,1H3;9H,2-8H2,1H3. The number of hydrogen-bond donors (Lipinski definition) is 2. The van der Waals surface area contributed by atoms with Crippen molar-refractivity contribution >= 4 is 24.2 Å². The lowest BCUT2D eigenvalue weighted by atomic mass is 9.92. The van der Waals surface area contributed by atoms with Gasteiger partial charge in [-0.1, -0.05) is 58.3 Å². The van der Waals surface area contributed by atoms with E-state index in [2.05, 4.69) is 21.1 Å². The fourth-order valence-electron chi connectivity index (χ4n) is 4.14. The Morgan fingerprint density at radius 3 is 1.38 bits per heavy atom. The van der Waals surface area contributed by atoms with Crippen molar-refractivity contribution in [1.82, 2.24) is 0 Å². The summed E-state index contributed by atoms with van der Waals surface area (Å²) in [5.41, 5.74) is -2.56. The third-order valence-electron chi connectivity index (χ3n) is 7.43. The van der Waals surface area contributed by atoms with Crippen molar-refractivity contribution in [2.75, 3.05) is 46.2 Å². The molecule has 2 saturated heterocycles. The second-order valence-corrected chi connectivity index (χ2v) is 12.2. The molecule has 12 nitrogen and oxygen atoms in total. The van der Waals surface area contributed by atoms with Gasteiger partial charge in [-0.15, -0.1) is 0 Å². The Labute approximate surface area is 287 Å². The van der Waals surface area contributed by atoms with E-state index in [0.29, 0.717) is 13.2 Å². The molecule has 286 valence electrons. The maximum atomic E-state index is 13.4. The van der Waals surface area contributed by atoms with Gasteiger partial charge in [0.15, 0.2) is 0 Å². The molecule has 0 aromatic heterocycles. The number of carbonyl (C=O) groups is 4. The molecule has 0 atom stereocenters. The van der Waals surface area contributed by atoms with Crippen LogP contribution in [0, 0.1) is 39.9 Å². The van der Waals surface area contributed by atoms with Crippen LogP contribution in [0.3, 0.4) is 0 Å². The van der Waals surface area contributed by atoms with Gasteiger partial charge in [0.25, 0.3) is 0 Å². The SMILES string of the molecule is CC1(C(=O)OCCCCCCCO)COC(=O)OC1.CC1(C(=O)Oc2c(F)c(F)c(F)c(F)c2F)COC(=O)OC1.CCCCCCCCO. The molecule has 0 bridgehead atoms. The molecule has 2 aliphatic rings. The molecule has 2 heterocycles. The lowest BCUT2D eigenvalue weighted by molar-refractivity contribution is -0.166. The zero-order valence-electron chi connectivity index (χ0n) is 28.6. The Balaban J connectivity index is 0.000000407. The number of halogens is 5. The smallest absolute Gasteiger partial charge is 0.465 e. The molecule has 0 radical (unpaired) electrons. The number of cyclic esters (lactones) is 4. The van der Waals surface area contributed by atoms with Gasteiger partial charge >= 0.3 is 24.2 Å². The van der Waals surface area contributed by atoms with E-state index < -0.39 is 83.1 Å². The van der Waals surface area contributed by atoms with Crippen molar-refractivity contribution in [3.8, 4) is 5.75 Å². The number of hydrogen-bond acceptors (Lipinski definition) is 12. The Kier molecular flexibility index (Phi) is 20.3. The third kappa shape index (κ3) is 14.6. The van der Waals surface area contributed by atoms with Gasteiger partial charge in [0, 0.05) is 13.2 Å². The molecule has 0 amide bonds. The first-order valence-electron chi connectivity index (χ1n) is 16.4. The van der Waals surface area contributed by atoms with E-state index in [1.807, 2.05) is 0 Å². The molecule has 1 aromatic rings. The quantitative estimate of drug-likeness (QED) is 0.0364. The summed E-state index contributed by atoms with van der Waals surface area (Å²) in [7, 11) is 0. The predicted molar refractivity (Wildman–Crippen MR) is 164 cm³/mol. The second kappa shape index (κ2) is 22.9. The zero-order valence-corrected chi connectivity index (χ0v) is 28.6. The van der Waals surface area contributed by atoms with Crippen LogP contribution >= 0.6 is 0 Å². The molecular weight excluding hydrogens is 683 g/mol. The average molecular weight is 731 g/mol. The van der Waals surface area contributed by atoms with Gasteiger partial charge in [-0.2, -0.15) is 8.78 Å². The van der Waals surface area contributed by atoms with Crippen molar-refractivity contribution in [2.45, 2.75) is 91.4 Å². The molecule has 0 saturated carbocycles. The van der Waals surface area contributed by atoms with Crippen molar-refractivity contribution in [2.24, 2.45) is 10.8 Å². The van der Waals surface area contributed by atoms with Crippen LogP contribution < -0.4 is 4.74 Å². The number of esters is 2. The van der Waals surface area contributed by atoms with Crippen LogP contribution in [-0.2, 0) is 33.3 Å². The fraction of sp³-hybridized carbons (Fsp3) is 0.697. The molecule has 0 unspecified atom stereocenters. The molecule has 1 aromatic carbocycles. The van der Waals surface area contributed by atoms with Crippen molar-refractivity contribution in [3.05, 3.63) is 29.1 Å². The Morgan fingerprint density at radius 1 is 0.600 bits per heavy atom. The van der Waals surface area contributed by atoms with Crippen molar-refractivity contribution < 1.29 is 79.8 Å². The maximum absolute atomic E-state index is 13.4. The first-order valence-corrected chi connectivity index (χ1v) is 16.4. The normalized spacial score (nSPS) is 15.8. The summed E-state index contributed by atoms with van der Waals surface area (Å²) in [5, 5.41) is 17.0. The Hall–Kier alpha value is -3.73. The first-order chi connectivity index (χ1) is 23.7. The van der Waals surface area contributed by atoms with Gasteiger partial charge in [0.2, 0.25) is 34.8 Å². The molecule has 17 heteroatoms. The average Bonchev–Trinajstić information content (AvgIpc) is 3.11. The number of benzene rings is 1. The highest BCUT2D eigenvalue weighted by Crippen LogP contribution is 2.32. The van der Waals surface area contributed by atoms with Crippen LogP contribution in [-0.4, -0.2) is 80.7 Å². The number of aliphatic hydroxyl groups is 2. The lowest BCUT2D eigenvalue weighted by Gasteiger charge is -2.29. The number of unbranched alkanes of at least 4 members (excludes halogenated alkanes) is 9. The van der Waals surface area contributed by atoms with Gasteiger partial charge in [0.1, 0.15) is 37.3 Å². The Morgan fingerprint density at radius 2 is 0.960 bits per heavy atom. The second-order valence-electron chi connectivity index (χ2n) is 12.2. The van der Waals surface area contributed by atoms with E-state index in [4.69, 9.17) is 24.4 Å². The summed E-state index contributed by atoms with van der Waals surface area (Å²) in [6, 6.07) is 0. The van der Waals surface area contributed by atoms with E-state index in [0.717, 1.165) is 45.4 Å². The van der Waals surface area contributed by atoms with Gasteiger partial charge in [0.05, 0.1) is 6.61 Å². The minimum absolute atomic E-state index is 0.00116. The molecule has 0 spiro atoms. The molecular formula is C33H47F5O12. The molecule has 50 heavy (non-hydrogen) atoms.